The summed E-state index contributed by atoms with van der Waals surface area (Å²) < 4.78 is 48.2. The Hall–Kier alpha value is -3.64. The van der Waals surface area contributed by atoms with Gasteiger partial charge in [-0.15, -0.1) is 11.3 Å². The molecule has 5 aromatic rings. The molecule has 3 aromatic heterocycles. The Balaban J connectivity index is 1.52. The molecule has 0 unspecified atom stereocenters. The first-order valence-corrected chi connectivity index (χ1v) is 12.1. The lowest BCUT2D eigenvalue weighted by atomic mass is 10.1. The summed E-state index contributed by atoms with van der Waals surface area (Å²) in [5.41, 5.74) is 1.28. The average Bonchev–Trinajstić information content (AvgIpc) is 3.57. The highest BCUT2D eigenvalue weighted by Crippen LogP contribution is 2.36. The van der Waals surface area contributed by atoms with Crippen molar-refractivity contribution in [2.45, 2.75) is 23.2 Å². The Labute approximate surface area is 205 Å². The largest absolute Gasteiger partial charge is 0.451 e. The van der Waals surface area contributed by atoms with Crippen LogP contribution in [0.3, 0.4) is 0 Å². The number of benzene rings is 2. The lowest BCUT2D eigenvalue weighted by molar-refractivity contribution is -0.137. The van der Waals surface area contributed by atoms with Crippen LogP contribution in [0.15, 0.2) is 69.3 Å². The molecule has 1 N–H and O–H groups in total. The number of halogens is 3. The van der Waals surface area contributed by atoms with E-state index in [1.54, 1.807) is 12.1 Å². The molecule has 0 atom stereocenters. The molecule has 12 heteroatoms. The molecule has 0 aliphatic rings. The fourth-order valence-corrected chi connectivity index (χ4v) is 5.36. The number of thioether (sulfide) groups is 1. The molecule has 0 bridgehead atoms. The van der Waals surface area contributed by atoms with Gasteiger partial charge in [-0.2, -0.15) is 18.3 Å². The second kappa shape index (κ2) is 9.19. The van der Waals surface area contributed by atoms with Crippen molar-refractivity contribution in [3.05, 3.63) is 83.1 Å². The summed E-state index contributed by atoms with van der Waals surface area (Å²) in [6, 6.07) is 10.2. The zero-order valence-corrected chi connectivity index (χ0v) is 19.7. The zero-order chi connectivity index (χ0) is 24.6. The number of hydrogen-bond donors (Lipinski definition) is 1. The molecule has 3 heterocycles. The topological polar surface area (TPSA) is 85.8 Å². The van der Waals surface area contributed by atoms with Gasteiger partial charge in [0.2, 0.25) is 0 Å². The molecule has 1 amide bonds. The summed E-state index contributed by atoms with van der Waals surface area (Å²) in [6.07, 6.45) is -2.01. The first-order chi connectivity index (χ1) is 16.8. The monoisotopic (exact) mass is 515 g/mol. The molecule has 7 nitrogen and oxygen atoms in total. The van der Waals surface area contributed by atoms with Gasteiger partial charge in [-0.05, 0) is 31.2 Å². The van der Waals surface area contributed by atoms with Crippen molar-refractivity contribution in [3.8, 4) is 5.69 Å². The van der Waals surface area contributed by atoms with Gasteiger partial charge in [0.1, 0.15) is 22.6 Å². The van der Waals surface area contributed by atoms with E-state index in [1.165, 1.54) is 46.5 Å². The van der Waals surface area contributed by atoms with Crippen LogP contribution >= 0.6 is 23.1 Å². The van der Waals surface area contributed by atoms with E-state index in [0.29, 0.717) is 16.9 Å². The van der Waals surface area contributed by atoms with Gasteiger partial charge in [-0.1, -0.05) is 30.0 Å². The molecule has 0 aliphatic heterocycles. The van der Waals surface area contributed by atoms with Crippen molar-refractivity contribution in [1.29, 1.82) is 0 Å². The number of fused-ring (bicyclic) bond motifs is 1. The van der Waals surface area contributed by atoms with Crippen molar-refractivity contribution in [2.75, 3.05) is 5.32 Å². The van der Waals surface area contributed by atoms with Crippen molar-refractivity contribution < 1.29 is 22.4 Å². The molecule has 0 saturated heterocycles. The van der Waals surface area contributed by atoms with E-state index in [-0.39, 0.29) is 17.1 Å². The third-order valence-electron chi connectivity index (χ3n) is 5.08. The molecule has 5 rings (SSSR count). The number of aryl methyl sites for hydroxylation is 1. The first kappa shape index (κ1) is 23.1. The maximum atomic E-state index is 13.4. The molecule has 178 valence electrons. The van der Waals surface area contributed by atoms with Gasteiger partial charge >= 0.3 is 6.18 Å². The van der Waals surface area contributed by atoms with Crippen molar-refractivity contribution in [2.24, 2.45) is 0 Å². The molecule has 0 radical (unpaired) electrons. The van der Waals surface area contributed by atoms with Gasteiger partial charge < -0.3 is 9.73 Å². The number of carbonyl (C=O) groups is 1. The normalized spacial score (nSPS) is 11.8. The highest BCUT2D eigenvalue weighted by molar-refractivity contribution is 8.00. The minimum Gasteiger partial charge on any atom is -0.451 e. The van der Waals surface area contributed by atoms with Crippen LogP contribution in [0.1, 0.15) is 27.4 Å². The van der Waals surface area contributed by atoms with E-state index in [1.807, 2.05) is 24.4 Å². The molecule has 0 saturated carbocycles. The summed E-state index contributed by atoms with van der Waals surface area (Å²) in [4.78, 5) is 21.6. The Bertz CT molecular complexity index is 1510. The quantitative estimate of drug-likeness (QED) is 0.266. The summed E-state index contributed by atoms with van der Waals surface area (Å²) in [5.74, 6) is -0.257. The molecule has 0 spiro atoms. The van der Waals surface area contributed by atoms with Crippen LogP contribution in [0.25, 0.3) is 16.7 Å². The average molecular weight is 516 g/mol. The summed E-state index contributed by atoms with van der Waals surface area (Å²) in [5, 5.41) is 9.25. The first-order valence-electron chi connectivity index (χ1n) is 10.2. The van der Waals surface area contributed by atoms with E-state index in [9.17, 15) is 18.0 Å². The minimum atomic E-state index is -4.59. The van der Waals surface area contributed by atoms with E-state index < -0.39 is 17.6 Å². The number of alkyl halides is 3. The maximum absolute atomic E-state index is 13.4. The Morgan fingerprint density at radius 2 is 2.06 bits per heavy atom. The second-order valence-electron chi connectivity index (χ2n) is 7.47. The maximum Gasteiger partial charge on any atom is 0.416 e. The SMILES string of the molecule is Cc1csc(SCc2c(C(=O)Nc3cc(C(F)(F)F)ccc3-n3cncn3)oc3ccccc23)n1. The van der Waals surface area contributed by atoms with Gasteiger partial charge in [0, 0.05) is 27.8 Å². The van der Waals surface area contributed by atoms with Gasteiger partial charge in [0.25, 0.3) is 5.91 Å². The Kier molecular flexibility index (Phi) is 6.07. The molecular formula is C23H16F3N5O2S2. The third kappa shape index (κ3) is 4.80. The number of hydrogen-bond acceptors (Lipinski definition) is 7. The molecule has 0 aliphatic carbocycles. The fraction of sp³-hybridized carbons (Fsp3) is 0.130. The van der Waals surface area contributed by atoms with E-state index in [2.05, 4.69) is 20.4 Å². The van der Waals surface area contributed by atoms with Gasteiger partial charge in [0.05, 0.1) is 16.9 Å². The number of furan rings is 1. The third-order valence-corrected chi connectivity index (χ3v) is 7.25. The number of carbonyl (C=O) groups excluding carboxylic acids is 1. The standard InChI is InChI=1S/C23H16F3N5O2S2/c1-13-9-34-22(29-13)35-10-16-15-4-2-3-5-19(15)33-20(16)21(32)30-17-8-14(23(24,25)26)6-7-18(17)31-12-27-11-28-31/h2-9,11-12H,10H2,1H3,(H,30,32). The summed E-state index contributed by atoms with van der Waals surface area (Å²) in [6.45, 7) is 1.90. The predicted octanol–water partition coefficient (Wildman–Crippen LogP) is 6.34. The fourth-order valence-electron chi connectivity index (χ4n) is 3.48. The second-order valence-corrected chi connectivity index (χ2v) is 9.55. The smallest absolute Gasteiger partial charge is 0.416 e. The lowest BCUT2D eigenvalue weighted by Crippen LogP contribution is -2.16. The Morgan fingerprint density at radius 1 is 1.23 bits per heavy atom. The van der Waals surface area contributed by atoms with Gasteiger partial charge in [0.15, 0.2) is 5.76 Å². The van der Waals surface area contributed by atoms with Crippen molar-refractivity contribution >= 4 is 45.7 Å². The molecule has 0 fully saturated rings. The van der Waals surface area contributed by atoms with E-state index in [4.69, 9.17) is 4.42 Å². The lowest BCUT2D eigenvalue weighted by Gasteiger charge is -2.14. The van der Waals surface area contributed by atoms with Gasteiger partial charge in [-0.25, -0.2) is 14.6 Å². The van der Waals surface area contributed by atoms with Crippen LogP contribution in [0.2, 0.25) is 0 Å². The number of nitrogens with one attached hydrogen (secondary N) is 1. The zero-order valence-electron chi connectivity index (χ0n) is 18.0. The van der Waals surface area contributed by atoms with Crippen LogP contribution in [-0.4, -0.2) is 25.7 Å². The number of aromatic nitrogens is 4. The number of para-hydroxylation sites is 1. The van der Waals surface area contributed by atoms with Crippen LogP contribution in [0.5, 0.6) is 0 Å². The molecular weight excluding hydrogens is 499 g/mol. The van der Waals surface area contributed by atoms with Crippen molar-refractivity contribution in [3.63, 3.8) is 0 Å². The van der Waals surface area contributed by atoms with Crippen LogP contribution in [-0.2, 0) is 11.9 Å². The van der Waals surface area contributed by atoms with Crippen molar-refractivity contribution in [1.82, 2.24) is 19.7 Å². The highest BCUT2D eigenvalue weighted by Gasteiger charge is 2.32. The Morgan fingerprint density at radius 3 is 2.77 bits per heavy atom. The predicted molar refractivity (Wildman–Crippen MR) is 127 cm³/mol. The highest BCUT2D eigenvalue weighted by atomic mass is 32.2. The number of thiazole rings is 1. The molecule has 2 aromatic carbocycles. The van der Waals surface area contributed by atoms with E-state index in [0.717, 1.165) is 27.6 Å². The van der Waals surface area contributed by atoms with E-state index >= 15 is 0 Å². The summed E-state index contributed by atoms with van der Waals surface area (Å²) >= 11 is 2.95. The summed E-state index contributed by atoms with van der Waals surface area (Å²) in [7, 11) is 0. The number of amides is 1. The number of anilines is 1. The van der Waals surface area contributed by atoms with Crippen LogP contribution in [0.4, 0.5) is 18.9 Å². The minimum absolute atomic E-state index is 0.0222. The number of nitrogens with zero attached hydrogens (tertiary/aromatic N) is 4. The van der Waals surface area contributed by atoms with Crippen LogP contribution in [0, 0.1) is 6.92 Å². The number of rotatable bonds is 6. The van der Waals surface area contributed by atoms with Gasteiger partial charge in [-0.3, -0.25) is 4.79 Å². The molecule has 35 heavy (non-hydrogen) atoms. The van der Waals surface area contributed by atoms with Crippen LogP contribution < -0.4 is 5.32 Å².